The van der Waals surface area contributed by atoms with Crippen LogP contribution in [0, 0.1) is 0 Å². The Labute approximate surface area is 132 Å². The molecule has 0 bridgehead atoms. The van der Waals surface area contributed by atoms with E-state index in [1.807, 2.05) is 45.0 Å². The molecule has 1 rings (SSSR count). The number of hydrogen-bond donors (Lipinski definition) is 0. The Morgan fingerprint density at radius 3 is 2.37 bits per heavy atom. The number of nitrogens with zero attached hydrogens (tertiary/aromatic N) is 1. The van der Waals surface area contributed by atoms with Gasteiger partial charge in [-0.1, -0.05) is 32.5 Å². The minimum atomic E-state index is -1.24. The molecule has 0 spiro atoms. The van der Waals surface area contributed by atoms with Crippen LogP contribution in [0.1, 0.15) is 39.2 Å². The first kappa shape index (κ1) is 17.0. The standard InChI is InChI=1S/C14H19BrClNOS/c1-14(2,3)19(18)17-13(5-4-10-16)11-6-8-12(15)9-7-11/h6-9H,4-5,10H2,1-3H3/b17-13+. The molecular weight excluding hydrogens is 346 g/mol. The number of hydrogen-bond acceptors (Lipinski definition) is 2. The highest BCUT2D eigenvalue weighted by Gasteiger charge is 2.27. The van der Waals surface area contributed by atoms with Crippen LogP contribution < -0.4 is 0 Å². The summed E-state index contributed by atoms with van der Waals surface area (Å²) in [5.41, 5.74) is 1.87. The van der Waals surface area contributed by atoms with Crippen molar-refractivity contribution >= 4 is 44.6 Å². The predicted molar refractivity (Wildman–Crippen MR) is 88.5 cm³/mol. The lowest BCUT2D eigenvalue weighted by molar-refractivity contribution is 0.561. The Hall–Kier alpha value is -0.0300. The van der Waals surface area contributed by atoms with E-state index >= 15 is 0 Å². The zero-order valence-corrected chi connectivity index (χ0v) is 14.6. The normalized spacial score (nSPS) is 14.5. The van der Waals surface area contributed by atoms with Gasteiger partial charge in [0.2, 0.25) is 0 Å². The van der Waals surface area contributed by atoms with Gasteiger partial charge in [0.25, 0.3) is 0 Å². The third kappa shape index (κ3) is 5.86. The second kappa shape index (κ2) is 7.67. The Morgan fingerprint density at radius 1 is 1.32 bits per heavy atom. The van der Waals surface area contributed by atoms with E-state index in [0.717, 1.165) is 28.6 Å². The number of rotatable bonds is 5. The summed E-state index contributed by atoms with van der Waals surface area (Å²) in [6.45, 7) is 5.77. The average molecular weight is 365 g/mol. The summed E-state index contributed by atoms with van der Waals surface area (Å²) < 4.78 is 17.2. The SMILES string of the molecule is CC(C)(C)[S+]([O-])/N=C(\CCCCl)c1ccc(Br)cc1. The van der Waals surface area contributed by atoms with Crippen molar-refractivity contribution in [2.45, 2.75) is 38.4 Å². The van der Waals surface area contributed by atoms with Crippen LogP contribution in [0.4, 0.5) is 0 Å². The quantitative estimate of drug-likeness (QED) is 0.423. The Balaban J connectivity index is 3.00. The highest BCUT2D eigenvalue weighted by Crippen LogP contribution is 2.20. The van der Waals surface area contributed by atoms with Gasteiger partial charge in [0, 0.05) is 15.9 Å². The van der Waals surface area contributed by atoms with E-state index in [2.05, 4.69) is 20.3 Å². The van der Waals surface area contributed by atoms with Gasteiger partial charge in [-0.3, -0.25) is 0 Å². The van der Waals surface area contributed by atoms with Crippen molar-refractivity contribution < 1.29 is 4.55 Å². The Kier molecular flexibility index (Phi) is 6.87. The van der Waals surface area contributed by atoms with Crippen LogP contribution in [0.2, 0.25) is 0 Å². The summed E-state index contributed by atoms with van der Waals surface area (Å²) in [7, 11) is 0. The van der Waals surface area contributed by atoms with Crippen LogP contribution >= 0.6 is 27.5 Å². The largest absolute Gasteiger partial charge is 0.591 e. The maximum Gasteiger partial charge on any atom is 0.144 e. The van der Waals surface area contributed by atoms with Crippen LogP contribution in [0.15, 0.2) is 33.1 Å². The smallest absolute Gasteiger partial charge is 0.144 e. The van der Waals surface area contributed by atoms with Gasteiger partial charge in [-0.15, -0.1) is 11.6 Å². The second-order valence-electron chi connectivity index (χ2n) is 5.20. The molecule has 0 amide bonds. The van der Waals surface area contributed by atoms with Crippen molar-refractivity contribution in [1.82, 2.24) is 0 Å². The molecule has 0 aromatic heterocycles. The Bertz CT molecular complexity index is 428. The molecule has 1 aromatic carbocycles. The fraction of sp³-hybridized carbons (Fsp3) is 0.500. The third-order valence-corrected chi connectivity index (χ3v) is 4.67. The van der Waals surface area contributed by atoms with Gasteiger partial charge in [0.15, 0.2) is 0 Å². The lowest BCUT2D eigenvalue weighted by atomic mass is 10.1. The van der Waals surface area contributed by atoms with Crippen LogP contribution in [0.3, 0.4) is 0 Å². The molecule has 0 N–H and O–H groups in total. The zero-order valence-electron chi connectivity index (χ0n) is 11.5. The topological polar surface area (TPSA) is 35.4 Å². The fourth-order valence-corrected chi connectivity index (χ4v) is 2.42. The fourth-order valence-electron chi connectivity index (χ4n) is 1.36. The highest BCUT2D eigenvalue weighted by molar-refractivity contribution is 9.10. The van der Waals surface area contributed by atoms with Crippen LogP contribution in [-0.4, -0.2) is 20.9 Å². The summed E-state index contributed by atoms with van der Waals surface area (Å²) in [5, 5.41) is 0. The van der Waals surface area contributed by atoms with E-state index in [1.54, 1.807) is 0 Å². The van der Waals surface area contributed by atoms with Crippen molar-refractivity contribution in [3.05, 3.63) is 34.3 Å². The van der Waals surface area contributed by atoms with Crippen LogP contribution in [0.25, 0.3) is 0 Å². The van der Waals surface area contributed by atoms with E-state index in [1.165, 1.54) is 0 Å². The molecule has 1 aromatic rings. The molecule has 2 nitrogen and oxygen atoms in total. The minimum absolute atomic E-state index is 0.346. The zero-order chi connectivity index (χ0) is 14.5. The molecule has 106 valence electrons. The summed E-state index contributed by atoms with van der Waals surface area (Å²) in [6.07, 6.45) is 1.57. The molecule has 0 radical (unpaired) electrons. The molecule has 1 atom stereocenters. The highest BCUT2D eigenvalue weighted by atomic mass is 79.9. The predicted octanol–water partition coefficient (Wildman–Crippen LogP) is 4.72. The molecule has 0 saturated carbocycles. The maximum absolute atomic E-state index is 12.2. The number of alkyl halides is 1. The monoisotopic (exact) mass is 363 g/mol. The molecule has 0 aliphatic carbocycles. The number of halogens is 2. The molecule has 0 fully saturated rings. The summed E-state index contributed by atoms with van der Waals surface area (Å²) in [5.74, 6) is 0.581. The minimum Gasteiger partial charge on any atom is -0.591 e. The van der Waals surface area contributed by atoms with E-state index in [4.69, 9.17) is 11.6 Å². The molecule has 5 heteroatoms. The van der Waals surface area contributed by atoms with E-state index in [9.17, 15) is 4.55 Å². The van der Waals surface area contributed by atoms with Gasteiger partial charge < -0.3 is 4.55 Å². The van der Waals surface area contributed by atoms with Gasteiger partial charge >= 0.3 is 0 Å². The van der Waals surface area contributed by atoms with Crippen molar-refractivity contribution in [2.75, 3.05) is 5.88 Å². The molecule has 0 aliphatic rings. The number of benzene rings is 1. The van der Waals surface area contributed by atoms with Crippen molar-refractivity contribution in [1.29, 1.82) is 0 Å². The summed E-state index contributed by atoms with van der Waals surface area (Å²) >= 11 is 7.91. The maximum atomic E-state index is 12.2. The first-order chi connectivity index (χ1) is 8.84. The van der Waals surface area contributed by atoms with Gasteiger partial charge in [0.05, 0.1) is 5.71 Å². The first-order valence-corrected chi connectivity index (χ1v) is 8.59. The van der Waals surface area contributed by atoms with Gasteiger partial charge in [-0.05, 0) is 45.7 Å². The average Bonchev–Trinajstić information content (AvgIpc) is 2.34. The van der Waals surface area contributed by atoms with Crippen LogP contribution in [-0.2, 0) is 11.4 Å². The lowest BCUT2D eigenvalue weighted by Crippen LogP contribution is -2.27. The van der Waals surface area contributed by atoms with Gasteiger partial charge in [0.1, 0.15) is 16.1 Å². The van der Waals surface area contributed by atoms with E-state index in [0.29, 0.717) is 5.88 Å². The molecular formula is C14H19BrClNOS. The second-order valence-corrected chi connectivity index (χ2v) is 8.40. The molecule has 1 unspecified atom stereocenters. The van der Waals surface area contributed by atoms with Crippen molar-refractivity contribution in [3.63, 3.8) is 0 Å². The van der Waals surface area contributed by atoms with Gasteiger partial charge in [-0.2, -0.15) is 0 Å². The van der Waals surface area contributed by atoms with Crippen molar-refractivity contribution in [2.24, 2.45) is 4.40 Å². The Morgan fingerprint density at radius 2 is 1.89 bits per heavy atom. The third-order valence-electron chi connectivity index (χ3n) is 2.44. The van der Waals surface area contributed by atoms with E-state index in [-0.39, 0.29) is 4.75 Å². The summed E-state index contributed by atoms with van der Waals surface area (Å²) in [6, 6.07) is 7.89. The molecule has 0 aliphatic heterocycles. The van der Waals surface area contributed by atoms with Crippen LogP contribution in [0.5, 0.6) is 0 Å². The first-order valence-electron chi connectivity index (χ1n) is 6.16. The summed E-state index contributed by atoms with van der Waals surface area (Å²) in [4.78, 5) is 0. The van der Waals surface area contributed by atoms with Gasteiger partial charge in [-0.25, -0.2) is 0 Å². The molecule has 19 heavy (non-hydrogen) atoms. The molecule has 0 saturated heterocycles. The van der Waals surface area contributed by atoms with E-state index < -0.39 is 11.4 Å². The molecule has 0 heterocycles. The lowest BCUT2D eigenvalue weighted by Gasteiger charge is -2.19. The van der Waals surface area contributed by atoms with Crippen molar-refractivity contribution in [3.8, 4) is 0 Å².